The Morgan fingerprint density at radius 1 is 1.11 bits per heavy atom. The normalized spacial score (nSPS) is 16.4. The van der Waals surface area contributed by atoms with E-state index in [1.807, 2.05) is 42.3 Å². The Bertz CT molecular complexity index is 899. The van der Waals surface area contributed by atoms with E-state index < -0.39 is 0 Å². The monoisotopic (exact) mass is 360 g/mol. The first-order valence-electron chi connectivity index (χ1n) is 9.39. The second-order valence-corrected chi connectivity index (χ2v) is 7.33. The van der Waals surface area contributed by atoms with Crippen molar-refractivity contribution >= 4 is 5.91 Å². The molecule has 1 aliphatic carbocycles. The van der Waals surface area contributed by atoms with Crippen LogP contribution in [0.3, 0.4) is 0 Å². The van der Waals surface area contributed by atoms with E-state index in [9.17, 15) is 4.79 Å². The van der Waals surface area contributed by atoms with E-state index in [-0.39, 0.29) is 17.4 Å². The number of nitrogens with zero attached hydrogens (tertiary/aromatic N) is 4. The van der Waals surface area contributed by atoms with Crippen molar-refractivity contribution in [1.82, 2.24) is 19.7 Å². The summed E-state index contributed by atoms with van der Waals surface area (Å²) in [5.74, 6) is 0.216. The van der Waals surface area contributed by atoms with E-state index in [1.54, 1.807) is 11.0 Å². The van der Waals surface area contributed by atoms with E-state index in [2.05, 4.69) is 41.3 Å². The summed E-state index contributed by atoms with van der Waals surface area (Å²) in [6.07, 6.45) is 6.16. The largest absolute Gasteiger partial charge is 0.338 e. The van der Waals surface area contributed by atoms with Gasteiger partial charge in [-0.2, -0.15) is 5.10 Å². The summed E-state index contributed by atoms with van der Waals surface area (Å²) < 4.78 is 1.72. The Morgan fingerprint density at radius 2 is 1.81 bits per heavy atom. The van der Waals surface area contributed by atoms with Crippen LogP contribution in [-0.4, -0.2) is 32.6 Å². The van der Waals surface area contributed by atoms with Crippen molar-refractivity contribution in [2.75, 3.05) is 7.05 Å². The van der Waals surface area contributed by atoms with Crippen LogP contribution in [0.2, 0.25) is 0 Å². The number of hydrogen-bond acceptors (Lipinski definition) is 3. The van der Waals surface area contributed by atoms with Crippen molar-refractivity contribution in [1.29, 1.82) is 0 Å². The molecule has 0 saturated heterocycles. The van der Waals surface area contributed by atoms with Crippen LogP contribution in [-0.2, 0) is 10.2 Å². The molecular formula is C22H24N4O. The number of aromatic nitrogens is 3. The van der Waals surface area contributed by atoms with E-state index in [0.29, 0.717) is 0 Å². The fourth-order valence-corrected chi connectivity index (χ4v) is 3.90. The third-order valence-corrected chi connectivity index (χ3v) is 5.90. The van der Waals surface area contributed by atoms with Crippen molar-refractivity contribution in [3.63, 3.8) is 0 Å². The van der Waals surface area contributed by atoms with Gasteiger partial charge in [0.05, 0.1) is 17.1 Å². The van der Waals surface area contributed by atoms with Crippen LogP contribution in [0.5, 0.6) is 0 Å². The lowest BCUT2D eigenvalue weighted by atomic mass is 9.63. The standard InChI is InChI=1S/C22H24N4O/c1-17(18-9-11-20(12-10-18)26-16-23-15-24-26)25(2)21(27)22(13-6-14-22)19-7-4-3-5-8-19/h3-5,7-12,15-17H,6,13-14H2,1-2H3/t17-/m1/s1. The lowest BCUT2D eigenvalue weighted by molar-refractivity contribution is -0.141. The Morgan fingerprint density at radius 3 is 2.37 bits per heavy atom. The van der Waals surface area contributed by atoms with Crippen molar-refractivity contribution in [2.45, 2.75) is 37.6 Å². The predicted octanol–water partition coefficient (Wildman–Crippen LogP) is 3.91. The second kappa shape index (κ2) is 6.99. The number of rotatable bonds is 5. The smallest absolute Gasteiger partial charge is 0.233 e. The minimum absolute atomic E-state index is 0.00323. The van der Waals surface area contributed by atoms with E-state index in [1.165, 1.54) is 6.33 Å². The molecule has 5 heteroatoms. The van der Waals surface area contributed by atoms with Gasteiger partial charge in [-0.05, 0) is 43.0 Å². The molecule has 0 unspecified atom stereocenters. The lowest BCUT2D eigenvalue weighted by Crippen LogP contribution is -2.50. The molecule has 4 rings (SSSR count). The van der Waals surface area contributed by atoms with E-state index >= 15 is 0 Å². The third-order valence-electron chi connectivity index (χ3n) is 5.90. The molecule has 0 bridgehead atoms. The van der Waals surface area contributed by atoms with E-state index in [0.717, 1.165) is 36.1 Å². The lowest BCUT2D eigenvalue weighted by Gasteiger charge is -2.44. The first-order valence-corrected chi connectivity index (χ1v) is 9.39. The van der Waals surface area contributed by atoms with Gasteiger partial charge in [0.15, 0.2) is 0 Å². The highest BCUT2D eigenvalue weighted by Crippen LogP contribution is 2.46. The Balaban J connectivity index is 1.55. The second-order valence-electron chi connectivity index (χ2n) is 7.33. The third kappa shape index (κ3) is 3.03. The number of benzene rings is 2. The zero-order valence-corrected chi connectivity index (χ0v) is 15.7. The Kier molecular flexibility index (Phi) is 4.52. The first-order chi connectivity index (χ1) is 13.1. The van der Waals surface area contributed by atoms with Crippen LogP contribution in [0.4, 0.5) is 0 Å². The first kappa shape index (κ1) is 17.5. The number of carbonyl (C=O) groups is 1. The van der Waals surface area contributed by atoms with Crippen LogP contribution in [0.25, 0.3) is 5.69 Å². The van der Waals surface area contributed by atoms with Crippen LogP contribution >= 0.6 is 0 Å². The number of carbonyl (C=O) groups excluding carboxylic acids is 1. The molecule has 0 spiro atoms. The highest BCUT2D eigenvalue weighted by atomic mass is 16.2. The fraction of sp³-hybridized carbons (Fsp3) is 0.318. The van der Waals surface area contributed by atoms with Crippen molar-refractivity contribution in [3.8, 4) is 5.69 Å². The number of hydrogen-bond donors (Lipinski definition) is 0. The summed E-state index contributed by atoms with van der Waals surface area (Å²) in [5, 5.41) is 4.15. The van der Waals surface area contributed by atoms with Gasteiger partial charge in [0.25, 0.3) is 0 Å². The van der Waals surface area contributed by atoms with Gasteiger partial charge in [0, 0.05) is 7.05 Å². The van der Waals surface area contributed by atoms with Crippen LogP contribution in [0.1, 0.15) is 43.4 Å². The summed E-state index contributed by atoms with van der Waals surface area (Å²) in [7, 11) is 1.92. The van der Waals surface area contributed by atoms with Gasteiger partial charge in [-0.3, -0.25) is 4.79 Å². The predicted molar refractivity (Wildman–Crippen MR) is 105 cm³/mol. The van der Waals surface area contributed by atoms with Gasteiger partial charge in [0.1, 0.15) is 12.7 Å². The molecule has 0 N–H and O–H groups in total. The SMILES string of the molecule is C[C@H](c1ccc(-n2cncn2)cc1)N(C)C(=O)C1(c2ccccc2)CCC1. The average Bonchev–Trinajstić information content (AvgIpc) is 3.22. The highest BCUT2D eigenvalue weighted by Gasteiger charge is 2.47. The Labute approximate surface area is 159 Å². The molecule has 138 valence electrons. The summed E-state index contributed by atoms with van der Waals surface area (Å²) in [6.45, 7) is 2.08. The van der Waals surface area contributed by atoms with Gasteiger partial charge >= 0.3 is 0 Å². The maximum absolute atomic E-state index is 13.4. The molecule has 27 heavy (non-hydrogen) atoms. The number of amides is 1. The molecule has 5 nitrogen and oxygen atoms in total. The maximum Gasteiger partial charge on any atom is 0.233 e. The summed E-state index contributed by atoms with van der Waals surface area (Å²) in [6, 6.07) is 18.4. The van der Waals surface area contributed by atoms with E-state index in [4.69, 9.17) is 0 Å². The molecule has 2 aromatic carbocycles. The molecule has 1 heterocycles. The topological polar surface area (TPSA) is 51.0 Å². The van der Waals surface area contributed by atoms with Crippen LogP contribution < -0.4 is 0 Å². The molecule has 1 aromatic heterocycles. The van der Waals surface area contributed by atoms with Gasteiger partial charge < -0.3 is 4.90 Å². The molecule has 3 aromatic rings. The number of likely N-dealkylation sites (N-methyl/N-ethyl adjacent to an activating group) is 1. The minimum Gasteiger partial charge on any atom is -0.338 e. The molecule has 1 aliphatic rings. The van der Waals surface area contributed by atoms with Gasteiger partial charge in [0.2, 0.25) is 5.91 Å². The average molecular weight is 360 g/mol. The summed E-state index contributed by atoms with van der Waals surface area (Å²) in [5.41, 5.74) is 2.85. The van der Waals surface area contributed by atoms with Gasteiger partial charge in [-0.15, -0.1) is 0 Å². The molecule has 0 aliphatic heterocycles. The Hall–Kier alpha value is -2.95. The summed E-state index contributed by atoms with van der Waals surface area (Å²) >= 11 is 0. The van der Waals surface area contributed by atoms with Crippen molar-refractivity contribution in [3.05, 3.63) is 78.4 Å². The molecule has 1 amide bonds. The molecule has 1 atom stereocenters. The fourth-order valence-electron chi connectivity index (χ4n) is 3.90. The van der Waals surface area contributed by atoms with Crippen LogP contribution in [0.15, 0.2) is 67.3 Å². The highest BCUT2D eigenvalue weighted by molar-refractivity contribution is 5.89. The quantitative estimate of drug-likeness (QED) is 0.693. The maximum atomic E-state index is 13.4. The minimum atomic E-state index is -0.356. The van der Waals surface area contributed by atoms with Crippen LogP contribution in [0, 0.1) is 0 Å². The zero-order valence-electron chi connectivity index (χ0n) is 15.7. The van der Waals surface area contributed by atoms with Crippen molar-refractivity contribution < 1.29 is 4.79 Å². The van der Waals surface area contributed by atoms with Crippen molar-refractivity contribution in [2.24, 2.45) is 0 Å². The van der Waals surface area contributed by atoms with Gasteiger partial charge in [-0.25, -0.2) is 9.67 Å². The molecular weight excluding hydrogens is 336 g/mol. The zero-order chi connectivity index (χ0) is 18.9. The molecule has 1 saturated carbocycles. The molecule has 1 fully saturated rings. The summed E-state index contributed by atoms with van der Waals surface area (Å²) in [4.78, 5) is 19.3. The van der Waals surface area contributed by atoms with Gasteiger partial charge in [-0.1, -0.05) is 48.9 Å². The molecule has 0 radical (unpaired) electrons.